The lowest BCUT2D eigenvalue weighted by molar-refractivity contribution is -0.114. The molecule has 0 unspecified atom stereocenters. The van der Waals surface area contributed by atoms with Gasteiger partial charge in [0, 0.05) is 33.4 Å². The number of imidazole rings is 1. The minimum atomic E-state index is -1.09. The Hall–Kier alpha value is -3.10. The second-order valence-electron chi connectivity index (χ2n) is 4.73. The lowest BCUT2D eigenvalue weighted by Gasteiger charge is -2.01. The van der Waals surface area contributed by atoms with E-state index >= 15 is 0 Å². The highest BCUT2D eigenvalue weighted by atomic mass is 16.4. The summed E-state index contributed by atoms with van der Waals surface area (Å²) in [7, 11) is 3.18. The fraction of sp³-hybridized carbons (Fsp3) is 0.231. The fourth-order valence-electron chi connectivity index (χ4n) is 1.95. The molecule has 9 nitrogen and oxygen atoms in total. The van der Waals surface area contributed by atoms with Gasteiger partial charge >= 0.3 is 5.97 Å². The van der Waals surface area contributed by atoms with Gasteiger partial charge in [-0.15, -0.1) is 0 Å². The lowest BCUT2D eigenvalue weighted by Crippen LogP contribution is -2.16. The van der Waals surface area contributed by atoms with E-state index in [1.165, 1.54) is 34.5 Å². The number of nitrogens with one attached hydrogen (secondary N) is 2. The standard InChI is InChI=1S/C13H15N5O4/c1-7(19)14-10-6-18(3)11(16-10)12(20)15-8-4-9(13(21)22)17(2)5-8/h4-6H,1-3H3,(H,14,19)(H,15,20)(H,21,22). The van der Waals surface area contributed by atoms with Gasteiger partial charge in [-0.2, -0.15) is 0 Å². The van der Waals surface area contributed by atoms with E-state index in [0.29, 0.717) is 5.69 Å². The van der Waals surface area contributed by atoms with Crippen LogP contribution < -0.4 is 10.6 Å². The highest BCUT2D eigenvalue weighted by Crippen LogP contribution is 2.15. The molecule has 0 aliphatic carbocycles. The molecule has 22 heavy (non-hydrogen) atoms. The van der Waals surface area contributed by atoms with E-state index in [1.807, 2.05) is 0 Å². The minimum Gasteiger partial charge on any atom is -0.477 e. The highest BCUT2D eigenvalue weighted by Gasteiger charge is 2.17. The van der Waals surface area contributed by atoms with Gasteiger partial charge in [-0.1, -0.05) is 0 Å². The number of aromatic carboxylic acids is 1. The summed E-state index contributed by atoms with van der Waals surface area (Å²) in [5.41, 5.74) is 0.392. The molecule has 3 N–H and O–H groups in total. The number of carboxylic acid groups (broad SMARTS) is 1. The molecule has 0 bridgehead atoms. The molecule has 0 radical (unpaired) electrons. The van der Waals surface area contributed by atoms with Gasteiger partial charge in [0.1, 0.15) is 5.69 Å². The molecule has 0 atom stereocenters. The van der Waals surface area contributed by atoms with Crippen LogP contribution >= 0.6 is 0 Å². The van der Waals surface area contributed by atoms with E-state index in [4.69, 9.17) is 5.11 Å². The van der Waals surface area contributed by atoms with Crippen molar-refractivity contribution >= 4 is 29.3 Å². The van der Waals surface area contributed by atoms with Gasteiger partial charge in [0.05, 0.1) is 5.69 Å². The van der Waals surface area contributed by atoms with Crippen molar-refractivity contribution in [3.05, 3.63) is 30.0 Å². The van der Waals surface area contributed by atoms with Gasteiger partial charge < -0.3 is 24.9 Å². The van der Waals surface area contributed by atoms with Gasteiger partial charge in [0.25, 0.3) is 5.91 Å². The van der Waals surface area contributed by atoms with Crippen LogP contribution in [0.3, 0.4) is 0 Å². The Balaban J connectivity index is 2.19. The van der Waals surface area contributed by atoms with Crippen LogP contribution in [0, 0.1) is 0 Å². The smallest absolute Gasteiger partial charge is 0.352 e. The monoisotopic (exact) mass is 305 g/mol. The summed E-state index contributed by atoms with van der Waals surface area (Å²) in [5.74, 6) is -1.54. The average molecular weight is 305 g/mol. The minimum absolute atomic E-state index is 0.0501. The fourth-order valence-corrected chi connectivity index (χ4v) is 1.95. The Morgan fingerprint density at radius 2 is 1.82 bits per heavy atom. The highest BCUT2D eigenvalue weighted by molar-refractivity contribution is 6.03. The van der Waals surface area contributed by atoms with E-state index in [2.05, 4.69) is 15.6 Å². The Labute approximate surface area is 125 Å². The molecule has 0 aromatic carbocycles. The Bertz CT molecular complexity index is 759. The third-order valence-corrected chi connectivity index (χ3v) is 2.87. The lowest BCUT2D eigenvalue weighted by atomic mass is 10.4. The molecule has 0 fully saturated rings. The van der Waals surface area contributed by atoms with Gasteiger partial charge in [-0.25, -0.2) is 9.78 Å². The first kappa shape index (κ1) is 15.3. The largest absolute Gasteiger partial charge is 0.477 e. The molecule has 0 aliphatic heterocycles. The summed E-state index contributed by atoms with van der Waals surface area (Å²) in [6, 6.07) is 1.35. The quantitative estimate of drug-likeness (QED) is 0.767. The first-order chi connectivity index (χ1) is 10.3. The van der Waals surface area contributed by atoms with Gasteiger partial charge in [-0.05, 0) is 6.07 Å². The first-order valence-electron chi connectivity index (χ1n) is 6.30. The van der Waals surface area contributed by atoms with E-state index in [-0.39, 0.29) is 23.2 Å². The van der Waals surface area contributed by atoms with E-state index in [1.54, 1.807) is 14.1 Å². The Morgan fingerprint density at radius 3 is 2.36 bits per heavy atom. The number of aryl methyl sites for hydroxylation is 2. The van der Waals surface area contributed by atoms with Crippen LogP contribution in [0.1, 0.15) is 28.0 Å². The zero-order chi connectivity index (χ0) is 16.4. The van der Waals surface area contributed by atoms with Crippen LogP contribution in [-0.2, 0) is 18.9 Å². The molecule has 0 aliphatic rings. The maximum Gasteiger partial charge on any atom is 0.352 e. The third-order valence-electron chi connectivity index (χ3n) is 2.87. The van der Waals surface area contributed by atoms with E-state index in [9.17, 15) is 14.4 Å². The zero-order valence-corrected chi connectivity index (χ0v) is 12.2. The number of rotatable bonds is 4. The summed E-state index contributed by atoms with van der Waals surface area (Å²) >= 11 is 0. The normalized spacial score (nSPS) is 10.3. The SMILES string of the molecule is CC(=O)Nc1cn(C)c(C(=O)Nc2cc(C(=O)O)n(C)c2)n1. The number of hydrogen-bond donors (Lipinski definition) is 3. The Kier molecular flexibility index (Phi) is 3.97. The molecular formula is C13H15N5O4. The van der Waals surface area contributed by atoms with Crippen molar-refractivity contribution in [3.8, 4) is 0 Å². The molecule has 2 rings (SSSR count). The average Bonchev–Trinajstić information content (AvgIpc) is 2.92. The number of carboxylic acids is 1. The predicted molar refractivity (Wildman–Crippen MR) is 77.8 cm³/mol. The van der Waals surface area contributed by atoms with Crippen molar-refractivity contribution in [3.63, 3.8) is 0 Å². The van der Waals surface area contributed by atoms with Gasteiger partial charge in [0.2, 0.25) is 11.7 Å². The molecular weight excluding hydrogens is 290 g/mol. The summed E-state index contributed by atoms with van der Waals surface area (Å²) < 4.78 is 2.85. The predicted octanol–water partition coefficient (Wildman–Crippen LogP) is 0.667. The van der Waals surface area contributed by atoms with Crippen molar-refractivity contribution in [1.82, 2.24) is 14.1 Å². The molecule has 0 spiro atoms. The number of amides is 2. The third kappa shape index (κ3) is 3.14. The van der Waals surface area contributed by atoms with Crippen LogP contribution in [0.2, 0.25) is 0 Å². The maximum atomic E-state index is 12.2. The van der Waals surface area contributed by atoms with Crippen LogP contribution in [0.4, 0.5) is 11.5 Å². The molecule has 116 valence electrons. The van der Waals surface area contributed by atoms with Crippen molar-refractivity contribution in [1.29, 1.82) is 0 Å². The molecule has 2 aromatic rings. The van der Waals surface area contributed by atoms with Crippen LogP contribution in [0.25, 0.3) is 0 Å². The van der Waals surface area contributed by atoms with Crippen LogP contribution in [0.5, 0.6) is 0 Å². The summed E-state index contributed by atoms with van der Waals surface area (Å²) in [5, 5.41) is 14.0. The van der Waals surface area contributed by atoms with Gasteiger partial charge in [0.15, 0.2) is 5.82 Å². The van der Waals surface area contributed by atoms with Crippen molar-refractivity contribution in [2.75, 3.05) is 10.6 Å². The topological polar surface area (TPSA) is 118 Å². The van der Waals surface area contributed by atoms with Crippen LogP contribution in [-0.4, -0.2) is 37.0 Å². The van der Waals surface area contributed by atoms with Crippen LogP contribution in [0.15, 0.2) is 18.5 Å². The van der Waals surface area contributed by atoms with Crippen molar-refractivity contribution in [2.45, 2.75) is 6.92 Å². The summed E-state index contributed by atoms with van der Waals surface area (Å²) in [6.45, 7) is 1.34. The molecule has 0 saturated heterocycles. The van der Waals surface area contributed by atoms with Crippen molar-refractivity contribution in [2.24, 2.45) is 14.1 Å². The molecule has 2 aromatic heterocycles. The second-order valence-corrected chi connectivity index (χ2v) is 4.73. The van der Waals surface area contributed by atoms with Crippen molar-refractivity contribution < 1.29 is 19.5 Å². The molecule has 2 amide bonds. The number of anilines is 2. The number of nitrogens with zero attached hydrogens (tertiary/aromatic N) is 3. The number of hydrogen-bond acceptors (Lipinski definition) is 4. The van der Waals surface area contributed by atoms with E-state index in [0.717, 1.165) is 0 Å². The van der Waals surface area contributed by atoms with Gasteiger partial charge in [-0.3, -0.25) is 9.59 Å². The molecule has 0 saturated carbocycles. The number of carbonyl (C=O) groups is 3. The summed E-state index contributed by atoms with van der Waals surface area (Å²) in [4.78, 5) is 38.1. The molecule has 9 heteroatoms. The maximum absolute atomic E-state index is 12.2. The second kappa shape index (κ2) is 5.72. The Morgan fingerprint density at radius 1 is 1.14 bits per heavy atom. The zero-order valence-electron chi connectivity index (χ0n) is 12.2. The first-order valence-corrected chi connectivity index (χ1v) is 6.30. The van der Waals surface area contributed by atoms with E-state index < -0.39 is 11.9 Å². The number of carbonyl (C=O) groups excluding carboxylic acids is 2. The summed E-state index contributed by atoms with van der Waals surface area (Å²) in [6.07, 6.45) is 2.99. The molecule has 2 heterocycles. The number of aromatic nitrogens is 3.